The van der Waals surface area contributed by atoms with E-state index in [0.717, 1.165) is 22.2 Å². The summed E-state index contributed by atoms with van der Waals surface area (Å²) in [5.41, 5.74) is 9.47. The van der Waals surface area contributed by atoms with E-state index in [1.807, 2.05) is 35.8 Å². The Morgan fingerprint density at radius 2 is 2.14 bits per heavy atom. The number of aryl methyl sites for hydroxylation is 1. The average Bonchev–Trinajstić information content (AvgIpc) is 2.84. The fourth-order valence-electron chi connectivity index (χ4n) is 2.97. The highest BCUT2D eigenvalue weighted by atomic mass is 19.1. The summed E-state index contributed by atoms with van der Waals surface area (Å²) in [6.45, 7) is 2.81. The van der Waals surface area contributed by atoms with Crippen LogP contribution in [0.25, 0.3) is 11.0 Å². The summed E-state index contributed by atoms with van der Waals surface area (Å²) in [6, 6.07) is 13.0. The van der Waals surface area contributed by atoms with Gasteiger partial charge < -0.3 is 10.5 Å². The number of nitrogens with zero attached hydrogens (tertiary/aromatic N) is 2. The highest BCUT2D eigenvalue weighted by Gasteiger charge is 2.35. The van der Waals surface area contributed by atoms with Crippen LogP contribution >= 0.6 is 0 Å². The van der Waals surface area contributed by atoms with Crippen molar-refractivity contribution in [3.05, 3.63) is 59.4 Å². The van der Waals surface area contributed by atoms with E-state index in [9.17, 15) is 4.39 Å². The van der Waals surface area contributed by atoms with Gasteiger partial charge in [0.05, 0.1) is 23.1 Å². The fraction of sp³-hybridized carbons (Fsp3) is 0.235. The highest BCUT2D eigenvalue weighted by molar-refractivity contribution is 5.77. The first-order chi connectivity index (χ1) is 10.5. The summed E-state index contributed by atoms with van der Waals surface area (Å²) in [5.74, 6) is -0.292. The Labute approximate surface area is 127 Å². The molecule has 0 radical (unpaired) electrons. The molecule has 2 heterocycles. The van der Waals surface area contributed by atoms with Crippen molar-refractivity contribution < 1.29 is 9.13 Å². The molecule has 1 unspecified atom stereocenters. The molecule has 22 heavy (non-hydrogen) atoms. The molecule has 0 aliphatic carbocycles. The smallest absolute Gasteiger partial charge is 0.297 e. The van der Waals surface area contributed by atoms with Crippen molar-refractivity contribution >= 4 is 11.0 Å². The van der Waals surface area contributed by atoms with Gasteiger partial charge in [0, 0.05) is 0 Å². The lowest BCUT2D eigenvalue weighted by Crippen LogP contribution is -2.49. The predicted molar refractivity (Wildman–Crippen MR) is 82.2 cm³/mol. The van der Waals surface area contributed by atoms with Gasteiger partial charge in [-0.1, -0.05) is 18.2 Å². The monoisotopic (exact) mass is 297 g/mol. The number of fused-ring (bicyclic) bond motifs is 3. The van der Waals surface area contributed by atoms with Crippen LogP contribution in [0.15, 0.2) is 42.5 Å². The molecule has 0 saturated heterocycles. The van der Waals surface area contributed by atoms with Gasteiger partial charge in [0.15, 0.2) is 0 Å². The lowest BCUT2D eigenvalue weighted by atomic mass is 9.91. The third-order valence-electron chi connectivity index (χ3n) is 4.17. The van der Waals surface area contributed by atoms with E-state index < -0.39 is 5.54 Å². The zero-order chi connectivity index (χ0) is 15.3. The summed E-state index contributed by atoms with van der Waals surface area (Å²) in [4.78, 5) is 4.50. The Hall–Kier alpha value is -2.40. The Bertz CT molecular complexity index is 873. The van der Waals surface area contributed by atoms with Gasteiger partial charge in [-0.25, -0.2) is 4.39 Å². The second-order valence-electron chi connectivity index (χ2n) is 5.93. The molecule has 5 heteroatoms. The van der Waals surface area contributed by atoms with E-state index >= 15 is 0 Å². The fourth-order valence-corrected chi connectivity index (χ4v) is 2.97. The molecule has 112 valence electrons. The standard InChI is InChI=1S/C17H16FN3O/c1-11-5-6-15-14(7-11)20-16-21(15)9-17(19,10-22-16)12-3-2-4-13(18)8-12/h2-8H,9-10,19H2,1H3. The zero-order valence-corrected chi connectivity index (χ0v) is 12.2. The first-order valence-electron chi connectivity index (χ1n) is 7.20. The Balaban J connectivity index is 1.81. The minimum atomic E-state index is -0.770. The van der Waals surface area contributed by atoms with E-state index in [0.29, 0.717) is 12.6 Å². The topological polar surface area (TPSA) is 53.1 Å². The second kappa shape index (κ2) is 4.55. The van der Waals surface area contributed by atoms with Crippen LogP contribution < -0.4 is 10.5 Å². The van der Waals surface area contributed by atoms with Crippen LogP contribution in [0.5, 0.6) is 6.01 Å². The van der Waals surface area contributed by atoms with E-state index in [4.69, 9.17) is 10.5 Å². The van der Waals surface area contributed by atoms with Crippen LogP contribution in [0.4, 0.5) is 4.39 Å². The molecule has 1 aromatic heterocycles. The Kier molecular flexibility index (Phi) is 2.74. The van der Waals surface area contributed by atoms with Gasteiger partial charge in [-0.15, -0.1) is 0 Å². The summed E-state index contributed by atoms with van der Waals surface area (Å²) in [6.07, 6.45) is 0. The lowest BCUT2D eigenvalue weighted by molar-refractivity contribution is 0.140. The van der Waals surface area contributed by atoms with Crippen molar-refractivity contribution in [1.29, 1.82) is 0 Å². The quantitative estimate of drug-likeness (QED) is 0.751. The van der Waals surface area contributed by atoms with Crippen molar-refractivity contribution in [2.75, 3.05) is 6.61 Å². The van der Waals surface area contributed by atoms with Crippen LogP contribution in [0.1, 0.15) is 11.1 Å². The van der Waals surface area contributed by atoms with Crippen LogP contribution in [-0.2, 0) is 12.1 Å². The van der Waals surface area contributed by atoms with Crippen LogP contribution in [0.2, 0.25) is 0 Å². The third-order valence-corrected chi connectivity index (χ3v) is 4.17. The van der Waals surface area contributed by atoms with Crippen LogP contribution in [-0.4, -0.2) is 16.2 Å². The van der Waals surface area contributed by atoms with E-state index in [1.54, 1.807) is 6.07 Å². The predicted octanol–water partition coefficient (Wildman–Crippen LogP) is 2.73. The van der Waals surface area contributed by atoms with Crippen molar-refractivity contribution in [2.24, 2.45) is 5.73 Å². The molecule has 1 aliphatic rings. The molecule has 4 rings (SSSR count). The average molecular weight is 297 g/mol. The first-order valence-corrected chi connectivity index (χ1v) is 7.20. The maximum Gasteiger partial charge on any atom is 0.297 e. The molecular formula is C17H16FN3O. The first kappa shape index (κ1) is 13.3. The number of aromatic nitrogens is 2. The highest BCUT2D eigenvalue weighted by Crippen LogP contribution is 2.32. The molecule has 0 bridgehead atoms. The molecule has 2 N–H and O–H groups in total. The number of halogens is 1. The lowest BCUT2D eigenvalue weighted by Gasteiger charge is -2.34. The third kappa shape index (κ3) is 1.97. The number of rotatable bonds is 1. The number of imidazole rings is 1. The molecule has 2 aromatic carbocycles. The summed E-state index contributed by atoms with van der Waals surface area (Å²) < 4.78 is 21.2. The molecule has 4 nitrogen and oxygen atoms in total. The summed E-state index contributed by atoms with van der Waals surface area (Å²) in [7, 11) is 0. The molecule has 0 spiro atoms. The number of hydrogen-bond acceptors (Lipinski definition) is 3. The minimum absolute atomic E-state index is 0.277. The Morgan fingerprint density at radius 3 is 2.95 bits per heavy atom. The van der Waals surface area contributed by atoms with Gasteiger partial charge in [-0.3, -0.25) is 4.57 Å². The normalized spacial score (nSPS) is 20.7. The van der Waals surface area contributed by atoms with Gasteiger partial charge in [0.2, 0.25) is 0 Å². The molecule has 1 aliphatic heterocycles. The molecule has 3 aromatic rings. The van der Waals surface area contributed by atoms with Gasteiger partial charge >= 0.3 is 0 Å². The number of benzene rings is 2. The molecule has 1 atom stereocenters. The van der Waals surface area contributed by atoms with Crippen molar-refractivity contribution in [2.45, 2.75) is 19.0 Å². The van der Waals surface area contributed by atoms with Crippen LogP contribution in [0, 0.1) is 12.7 Å². The SMILES string of the molecule is Cc1ccc2c(c1)nc1n2CC(N)(c2cccc(F)c2)CO1. The van der Waals surface area contributed by atoms with Crippen molar-refractivity contribution in [3.8, 4) is 6.01 Å². The van der Waals surface area contributed by atoms with Crippen molar-refractivity contribution in [1.82, 2.24) is 9.55 Å². The van der Waals surface area contributed by atoms with Crippen LogP contribution in [0.3, 0.4) is 0 Å². The summed E-state index contributed by atoms with van der Waals surface area (Å²) >= 11 is 0. The number of ether oxygens (including phenoxy) is 1. The van der Waals surface area contributed by atoms with Gasteiger partial charge in [-0.05, 0) is 42.3 Å². The second-order valence-corrected chi connectivity index (χ2v) is 5.93. The maximum absolute atomic E-state index is 13.5. The maximum atomic E-state index is 13.5. The summed E-state index contributed by atoms with van der Waals surface area (Å²) in [5, 5.41) is 0. The van der Waals surface area contributed by atoms with Crippen molar-refractivity contribution in [3.63, 3.8) is 0 Å². The van der Waals surface area contributed by atoms with E-state index in [2.05, 4.69) is 4.98 Å². The zero-order valence-electron chi connectivity index (χ0n) is 12.2. The number of hydrogen-bond donors (Lipinski definition) is 1. The molecular weight excluding hydrogens is 281 g/mol. The van der Waals surface area contributed by atoms with E-state index in [-0.39, 0.29) is 12.4 Å². The number of nitrogens with two attached hydrogens (primary N) is 1. The molecule has 0 amide bonds. The van der Waals surface area contributed by atoms with Gasteiger partial charge in [0.1, 0.15) is 12.4 Å². The largest absolute Gasteiger partial charge is 0.462 e. The minimum Gasteiger partial charge on any atom is -0.462 e. The van der Waals surface area contributed by atoms with Gasteiger partial charge in [0.25, 0.3) is 6.01 Å². The Morgan fingerprint density at radius 1 is 1.27 bits per heavy atom. The van der Waals surface area contributed by atoms with E-state index in [1.165, 1.54) is 12.1 Å². The van der Waals surface area contributed by atoms with Gasteiger partial charge in [-0.2, -0.15) is 4.98 Å². The molecule has 0 fully saturated rings. The molecule has 0 saturated carbocycles.